The number of carbonyl (C=O) groups excluding carboxylic acids is 2. The predicted molar refractivity (Wildman–Crippen MR) is 106 cm³/mol. The minimum atomic E-state index is -0.558. The van der Waals surface area contributed by atoms with Gasteiger partial charge in [0, 0.05) is 25.0 Å². The van der Waals surface area contributed by atoms with Gasteiger partial charge in [0.2, 0.25) is 11.8 Å². The fourth-order valence-electron chi connectivity index (χ4n) is 5.54. The molecule has 2 saturated heterocycles. The normalized spacial score (nSPS) is 27.5. The average Bonchev–Trinajstić information content (AvgIpc) is 3.31. The van der Waals surface area contributed by atoms with Crippen LogP contribution in [0.2, 0.25) is 0 Å². The SMILES string of the molecule is CC1(C(=O)N2CCCC23CCCN(CCc2ccccc2)C3=O)CCCC1. The van der Waals surface area contributed by atoms with Crippen LogP contribution in [0.15, 0.2) is 30.3 Å². The average molecular weight is 369 g/mol. The van der Waals surface area contributed by atoms with Crippen LogP contribution < -0.4 is 0 Å². The molecule has 1 aromatic rings. The zero-order valence-electron chi connectivity index (χ0n) is 16.6. The smallest absolute Gasteiger partial charge is 0.248 e. The Morgan fingerprint density at radius 1 is 0.963 bits per heavy atom. The molecule has 4 nitrogen and oxygen atoms in total. The van der Waals surface area contributed by atoms with Crippen molar-refractivity contribution in [3.8, 4) is 0 Å². The van der Waals surface area contributed by atoms with E-state index in [0.717, 1.165) is 77.4 Å². The monoisotopic (exact) mass is 368 g/mol. The molecular formula is C23H32N2O2. The second-order valence-electron chi connectivity index (χ2n) is 8.99. The van der Waals surface area contributed by atoms with E-state index < -0.39 is 5.54 Å². The largest absolute Gasteiger partial charge is 0.340 e. The van der Waals surface area contributed by atoms with Gasteiger partial charge in [-0.05, 0) is 50.5 Å². The summed E-state index contributed by atoms with van der Waals surface area (Å²) in [6.45, 7) is 4.46. The summed E-state index contributed by atoms with van der Waals surface area (Å²) in [5, 5.41) is 0. The van der Waals surface area contributed by atoms with Gasteiger partial charge in [0.05, 0.1) is 0 Å². The van der Waals surface area contributed by atoms with Crippen molar-refractivity contribution in [3.05, 3.63) is 35.9 Å². The van der Waals surface area contributed by atoms with Crippen molar-refractivity contribution in [2.75, 3.05) is 19.6 Å². The first kappa shape index (κ1) is 18.5. The molecule has 1 atom stereocenters. The zero-order valence-corrected chi connectivity index (χ0v) is 16.6. The first-order chi connectivity index (χ1) is 13.1. The third-order valence-corrected chi connectivity index (χ3v) is 7.17. The van der Waals surface area contributed by atoms with Crippen LogP contribution in [0, 0.1) is 5.41 Å². The Hall–Kier alpha value is -1.84. The lowest BCUT2D eigenvalue weighted by Crippen LogP contribution is -2.63. The van der Waals surface area contributed by atoms with Crippen molar-refractivity contribution in [2.45, 2.75) is 70.3 Å². The van der Waals surface area contributed by atoms with Gasteiger partial charge in [0.1, 0.15) is 5.54 Å². The maximum atomic E-state index is 13.5. The van der Waals surface area contributed by atoms with E-state index >= 15 is 0 Å². The minimum Gasteiger partial charge on any atom is -0.340 e. The standard InChI is InChI=1S/C23H32N2O2/c1-22(12-5-6-13-22)20(26)25-17-8-15-23(25)14-7-16-24(21(23)27)18-11-19-9-3-2-4-10-19/h2-4,9-10H,5-8,11-18H2,1H3. The molecular weight excluding hydrogens is 336 g/mol. The Kier molecular flexibility index (Phi) is 5.00. The molecule has 0 bridgehead atoms. The number of nitrogens with zero attached hydrogens (tertiary/aromatic N) is 2. The molecule has 4 heteroatoms. The van der Waals surface area contributed by atoms with Crippen LogP contribution in [0.25, 0.3) is 0 Å². The second-order valence-corrected chi connectivity index (χ2v) is 8.99. The summed E-state index contributed by atoms with van der Waals surface area (Å²) in [5.74, 6) is 0.452. The third-order valence-electron chi connectivity index (χ3n) is 7.17. The number of likely N-dealkylation sites (tertiary alicyclic amines) is 2. The van der Waals surface area contributed by atoms with E-state index in [-0.39, 0.29) is 17.2 Å². The number of amides is 2. The maximum Gasteiger partial charge on any atom is 0.248 e. The van der Waals surface area contributed by atoms with Crippen molar-refractivity contribution in [2.24, 2.45) is 5.41 Å². The lowest BCUT2D eigenvalue weighted by molar-refractivity contribution is -0.160. The van der Waals surface area contributed by atoms with Gasteiger partial charge in [-0.3, -0.25) is 9.59 Å². The number of piperidine rings is 1. The summed E-state index contributed by atoms with van der Waals surface area (Å²) < 4.78 is 0. The molecule has 0 N–H and O–H groups in total. The van der Waals surface area contributed by atoms with Gasteiger partial charge < -0.3 is 9.80 Å². The highest BCUT2D eigenvalue weighted by molar-refractivity contribution is 5.94. The van der Waals surface area contributed by atoms with E-state index in [0.29, 0.717) is 0 Å². The maximum absolute atomic E-state index is 13.5. The summed E-state index contributed by atoms with van der Waals surface area (Å²) in [5.41, 5.74) is 0.462. The van der Waals surface area contributed by atoms with E-state index in [4.69, 9.17) is 0 Å². The topological polar surface area (TPSA) is 40.6 Å². The molecule has 0 aromatic heterocycles. The van der Waals surface area contributed by atoms with Crippen LogP contribution in [-0.2, 0) is 16.0 Å². The van der Waals surface area contributed by atoms with E-state index in [1.807, 2.05) is 15.9 Å². The Morgan fingerprint density at radius 3 is 2.33 bits per heavy atom. The van der Waals surface area contributed by atoms with E-state index in [9.17, 15) is 9.59 Å². The molecule has 1 aliphatic carbocycles. The van der Waals surface area contributed by atoms with Gasteiger partial charge in [0.25, 0.3) is 0 Å². The fourth-order valence-corrected chi connectivity index (χ4v) is 5.54. The Balaban J connectivity index is 1.50. The summed E-state index contributed by atoms with van der Waals surface area (Å²) in [6, 6.07) is 10.4. The first-order valence-corrected chi connectivity index (χ1v) is 10.7. The second kappa shape index (κ2) is 7.29. The van der Waals surface area contributed by atoms with Gasteiger partial charge in [-0.25, -0.2) is 0 Å². The number of benzene rings is 1. The van der Waals surface area contributed by atoms with E-state index in [1.165, 1.54) is 5.56 Å². The van der Waals surface area contributed by atoms with Gasteiger partial charge >= 0.3 is 0 Å². The molecule has 3 aliphatic rings. The molecule has 2 aliphatic heterocycles. The van der Waals surface area contributed by atoms with Crippen LogP contribution in [0.5, 0.6) is 0 Å². The van der Waals surface area contributed by atoms with Crippen molar-refractivity contribution in [1.29, 1.82) is 0 Å². The number of carbonyl (C=O) groups is 2. The molecule has 2 amide bonds. The predicted octanol–water partition coefficient (Wildman–Crippen LogP) is 3.79. The zero-order chi connectivity index (χ0) is 18.9. The molecule has 2 heterocycles. The Bertz CT molecular complexity index is 696. The number of rotatable bonds is 4. The quantitative estimate of drug-likeness (QED) is 0.811. The molecule has 4 rings (SSSR count). The Labute approximate surface area is 162 Å². The van der Waals surface area contributed by atoms with Gasteiger partial charge in [-0.1, -0.05) is 50.1 Å². The molecule has 1 aromatic carbocycles. The summed E-state index contributed by atoms with van der Waals surface area (Å²) in [7, 11) is 0. The molecule has 3 fully saturated rings. The summed E-state index contributed by atoms with van der Waals surface area (Å²) in [6.07, 6.45) is 8.76. The first-order valence-electron chi connectivity index (χ1n) is 10.7. The fraction of sp³-hybridized carbons (Fsp3) is 0.652. The highest BCUT2D eigenvalue weighted by atomic mass is 16.2. The van der Waals surface area contributed by atoms with Crippen molar-refractivity contribution in [1.82, 2.24) is 9.80 Å². The van der Waals surface area contributed by atoms with E-state index in [2.05, 4.69) is 31.2 Å². The number of hydrogen-bond donors (Lipinski definition) is 0. The van der Waals surface area contributed by atoms with Crippen LogP contribution in [0.3, 0.4) is 0 Å². The van der Waals surface area contributed by atoms with Crippen molar-refractivity contribution >= 4 is 11.8 Å². The third kappa shape index (κ3) is 3.28. The molecule has 1 saturated carbocycles. The minimum absolute atomic E-state index is 0.206. The van der Waals surface area contributed by atoms with E-state index in [1.54, 1.807) is 0 Å². The molecule has 1 spiro atoms. The van der Waals surface area contributed by atoms with Crippen molar-refractivity contribution < 1.29 is 9.59 Å². The number of hydrogen-bond acceptors (Lipinski definition) is 2. The lowest BCUT2D eigenvalue weighted by atomic mass is 9.81. The van der Waals surface area contributed by atoms with Crippen LogP contribution >= 0.6 is 0 Å². The van der Waals surface area contributed by atoms with Crippen molar-refractivity contribution in [3.63, 3.8) is 0 Å². The highest BCUT2D eigenvalue weighted by Crippen LogP contribution is 2.45. The van der Waals surface area contributed by atoms with Crippen LogP contribution in [-0.4, -0.2) is 46.8 Å². The van der Waals surface area contributed by atoms with Crippen LogP contribution in [0.4, 0.5) is 0 Å². The molecule has 27 heavy (non-hydrogen) atoms. The summed E-state index contributed by atoms with van der Waals surface area (Å²) in [4.78, 5) is 31.0. The molecule has 0 radical (unpaired) electrons. The Morgan fingerprint density at radius 2 is 1.63 bits per heavy atom. The summed E-state index contributed by atoms with van der Waals surface area (Å²) >= 11 is 0. The van der Waals surface area contributed by atoms with Gasteiger partial charge in [-0.2, -0.15) is 0 Å². The van der Waals surface area contributed by atoms with Crippen LogP contribution in [0.1, 0.15) is 63.9 Å². The van der Waals surface area contributed by atoms with Gasteiger partial charge in [0.15, 0.2) is 0 Å². The molecule has 1 unspecified atom stereocenters. The molecule has 146 valence electrons. The highest BCUT2D eigenvalue weighted by Gasteiger charge is 2.55. The lowest BCUT2D eigenvalue weighted by Gasteiger charge is -2.46. The van der Waals surface area contributed by atoms with Gasteiger partial charge in [-0.15, -0.1) is 0 Å².